The van der Waals surface area contributed by atoms with Gasteiger partial charge in [-0.15, -0.1) is 0 Å². The number of methoxy groups -OCH3 is 1. The molecule has 0 spiro atoms. The second-order valence-electron chi connectivity index (χ2n) is 4.92. The van der Waals surface area contributed by atoms with Crippen LogP contribution < -0.4 is 15.2 Å². The summed E-state index contributed by atoms with van der Waals surface area (Å²) < 4.78 is 5.20. The van der Waals surface area contributed by atoms with Crippen LogP contribution >= 0.6 is 11.6 Å². The summed E-state index contributed by atoms with van der Waals surface area (Å²) in [5.74, 6) is -0.911. The fourth-order valence-corrected chi connectivity index (χ4v) is 2.19. The lowest BCUT2D eigenvalue weighted by molar-refractivity contribution is -0.255. The number of carbonyl (C=O) groups excluding carboxylic acids is 2. The van der Waals surface area contributed by atoms with Crippen LogP contribution in [-0.2, 0) is 11.3 Å². The van der Waals surface area contributed by atoms with Crippen LogP contribution in [0.1, 0.15) is 21.5 Å². The molecule has 0 fully saturated rings. The first-order chi connectivity index (χ1) is 11.5. The largest absolute Gasteiger partial charge is 0.545 e. The van der Waals surface area contributed by atoms with E-state index >= 15 is 0 Å². The summed E-state index contributed by atoms with van der Waals surface area (Å²) in [7, 11) is 1.54. The summed E-state index contributed by atoms with van der Waals surface area (Å²) in [6.07, 6.45) is 2.99. The van der Waals surface area contributed by atoms with E-state index in [1.54, 1.807) is 36.4 Å². The van der Waals surface area contributed by atoms with Crippen molar-refractivity contribution in [3.63, 3.8) is 0 Å². The van der Waals surface area contributed by atoms with Gasteiger partial charge in [0.2, 0.25) is 5.91 Å². The fraction of sp³-hybridized carbons (Fsp3) is 0.111. The normalized spacial score (nSPS) is 10.6. The monoisotopic (exact) mass is 344 g/mol. The van der Waals surface area contributed by atoms with Gasteiger partial charge in [0.25, 0.3) is 0 Å². The standard InChI is InChI=1S/C18H16ClNO4/c1-24-16-8-7-15(19)10-14(16)6-9-17(21)20-11-12-2-4-13(5-3-12)18(22)23/h2-10H,11H2,1H3,(H,20,21)(H,22,23)/p-1/b9-6+. The Balaban J connectivity index is 1.96. The highest BCUT2D eigenvalue weighted by Gasteiger charge is 2.02. The molecule has 2 aromatic carbocycles. The van der Waals surface area contributed by atoms with Crippen molar-refractivity contribution in [2.75, 3.05) is 7.11 Å². The van der Waals surface area contributed by atoms with Crippen LogP contribution in [0, 0.1) is 0 Å². The zero-order valence-electron chi connectivity index (χ0n) is 12.9. The van der Waals surface area contributed by atoms with Gasteiger partial charge in [0.15, 0.2) is 0 Å². The Morgan fingerprint density at radius 3 is 2.54 bits per heavy atom. The Hall–Kier alpha value is -2.79. The molecule has 1 N–H and O–H groups in total. The number of amides is 1. The summed E-state index contributed by atoms with van der Waals surface area (Å²) in [5, 5.41) is 13.9. The number of ether oxygens (including phenoxy) is 1. The predicted molar refractivity (Wildman–Crippen MR) is 89.7 cm³/mol. The maximum Gasteiger partial charge on any atom is 0.244 e. The molecule has 0 bridgehead atoms. The van der Waals surface area contributed by atoms with Gasteiger partial charge in [-0.3, -0.25) is 4.79 Å². The first-order valence-corrected chi connectivity index (χ1v) is 7.47. The molecule has 124 valence electrons. The molecule has 5 nitrogen and oxygen atoms in total. The maximum atomic E-state index is 11.9. The molecule has 1 amide bonds. The molecule has 6 heteroatoms. The van der Waals surface area contributed by atoms with Crippen molar-refractivity contribution in [1.29, 1.82) is 0 Å². The number of aromatic carboxylic acids is 1. The van der Waals surface area contributed by atoms with E-state index in [1.807, 2.05) is 0 Å². The van der Waals surface area contributed by atoms with E-state index in [2.05, 4.69) is 5.32 Å². The van der Waals surface area contributed by atoms with Crippen LogP contribution in [0.5, 0.6) is 5.75 Å². The fourth-order valence-electron chi connectivity index (χ4n) is 2.01. The van der Waals surface area contributed by atoms with E-state index in [1.165, 1.54) is 25.3 Å². The average molecular weight is 345 g/mol. The van der Waals surface area contributed by atoms with Gasteiger partial charge in [-0.2, -0.15) is 0 Å². The summed E-state index contributed by atoms with van der Waals surface area (Å²) in [5.41, 5.74) is 1.57. The first-order valence-electron chi connectivity index (χ1n) is 7.09. The van der Waals surface area contributed by atoms with Crippen molar-refractivity contribution < 1.29 is 19.4 Å². The Labute approximate surface area is 144 Å². The summed E-state index contributed by atoms with van der Waals surface area (Å²) in [6, 6.07) is 11.2. The highest BCUT2D eigenvalue weighted by Crippen LogP contribution is 2.23. The third-order valence-corrected chi connectivity index (χ3v) is 3.50. The zero-order chi connectivity index (χ0) is 17.5. The number of halogens is 1. The summed E-state index contributed by atoms with van der Waals surface area (Å²) in [4.78, 5) is 22.5. The zero-order valence-corrected chi connectivity index (χ0v) is 13.7. The Morgan fingerprint density at radius 1 is 1.21 bits per heavy atom. The van der Waals surface area contributed by atoms with Gasteiger partial charge in [-0.1, -0.05) is 35.9 Å². The van der Waals surface area contributed by atoms with Crippen LogP contribution in [0.2, 0.25) is 5.02 Å². The minimum absolute atomic E-state index is 0.0954. The van der Waals surface area contributed by atoms with Crippen molar-refractivity contribution >= 4 is 29.6 Å². The number of nitrogens with one attached hydrogen (secondary N) is 1. The lowest BCUT2D eigenvalue weighted by Gasteiger charge is -2.06. The third-order valence-electron chi connectivity index (χ3n) is 3.26. The van der Waals surface area contributed by atoms with Crippen LogP contribution in [-0.4, -0.2) is 19.0 Å². The van der Waals surface area contributed by atoms with E-state index in [0.717, 1.165) is 5.56 Å². The summed E-state index contributed by atoms with van der Waals surface area (Å²) in [6.45, 7) is 0.281. The Morgan fingerprint density at radius 2 is 1.92 bits per heavy atom. The Kier molecular flexibility index (Phi) is 5.98. The quantitative estimate of drug-likeness (QED) is 0.813. The van der Waals surface area contributed by atoms with Crippen LogP contribution in [0.25, 0.3) is 6.08 Å². The van der Waals surface area contributed by atoms with Crippen molar-refractivity contribution in [2.24, 2.45) is 0 Å². The molecule has 0 unspecified atom stereocenters. The summed E-state index contributed by atoms with van der Waals surface area (Å²) >= 11 is 5.93. The molecule has 0 aliphatic rings. The van der Waals surface area contributed by atoms with Gasteiger partial charge in [0, 0.05) is 23.2 Å². The van der Waals surface area contributed by atoms with Crippen LogP contribution in [0.15, 0.2) is 48.5 Å². The van der Waals surface area contributed by atoms with Crippen molar-refractivity contribution in [1.82, 2.24) is 5.32 Å². The van der Waals surface area contributed by atoms with E-state index in [9.17, 15) is 14.7 Å². The SMILES string of the molecule is COc1ccc(Cl)cc1/C=C/C(=O)NCc1ccc(C(=O)[O-])cc1. The molecule has 0 aliphatic heterocycles. The van der Waals surface area contributed by atoms with Crippen molar-refractivity contribution in [3.8, 4) is 5.75 Å². The van der Waals surface area contributed by atoms with E-state index in [0.29, 0.717) is 16.3 Å². The topological polar surface area (TPSA) is 78.5 Å². The average Bonchev–Trinajstić information content (AvgIpc) is 2.58. The molecule has 0 heterocycles. The number of rotatable bonds is 6. The second-order valence-corrected chi connectivity index (χ2v) is 5.36. The molecule has 24 heavy (non-hydrogen) atoms. The molecule has 0 atom stereocenters. The van der Waals surface area contributed by atoms with Crippen LogP contribution in [0.4, 0.5) is 0 Å². The number of hydrogen-bond donors (Lipinski definition) is 1. The number of hydrogen-bond acceptors (Lipinski definition) is 4. The smallest absolute Gasteiger partial charge is 0.244 e. The molecule has 0 aliphatic carbocycles. The van der Waals surface area contributed by atoms with Gasteiger partial charge < -0.3 is 20.0 Å². The van der Waals surface area contributed by atoms with Crippen molar-refractivity contribution in [2.45, 2.75) is 6.54 Å². The maximum absolute atomic E-state index is 11.9. The van der Waals surface area contributed by atoms with E-state index in [4.69, 9.17) is 16.3 Å². The van der Waals surface area contributed by atoms with Gasteiger partial charge >= 0.3 is 0 Å². The number of carbonyl (C=O) groups is 2. The third kappa shape index (κ3) is 4.86. The van der Waals surface area contributed by atoms with Crippen molar-refractivity contribution in [3.05, 3.63) is 70.3 Å². The lowest BCUT2D eigenvalue weighted by Crippen LogP contribution is -2.22. The van der Waals surface area contributed by atoms with Gasteiger partial charge in [-0.25, -0.2) is 0 Å². The minimum atomic E-state index is -1.23. The molecule has 0 radical (unpaired) electrons. The minimum Gasteiger partial charge on any atom is -0.545 e. The highest BCUT2D eigenvalue weighted by molar-refractivity contribution is 6.30. The highest BCUT2D eigenvalue weighted by atomic mass is 35.5. The lowest BCUT2D eigenvalue weighted by atomic mass is 10.1. The van der Waals surface area contributed by atoms with Crippen LogP contribution in [0.3, 0.4) is 0 Å². The molecule has 0 saturated heterocycles. The van der Waals surface area contributed by atoms with E-state index in [-0.39, 0.29) is 18.0 Å². The molecular weight excluding hydrogens is 330 g/mol. The number of benzene rings is 2. The van der Waals surface area contributed by atoms with Gasteiger partial charge in [0.05, 0.1) is 13.1 Å². The number of carboxylic acids is 1. The predicted octanol–water partition coefficient (Wildman–Crippen LogP) is 2.04. The molecule has 2 aromatic rings. The molecule has 2 rings (SSSR count). The Bertz CT molecular complexity index is 769. The second kappa shape index (κ2) is 8.17. The molecule has 0 saturated carbocycles. The molecular formula is C18H15ClNO4-. The van der Waals surface area contributed by atoms with Gasteiger partial charge in [-0.05, 0) is 35.4 Å². The van der Waals surface area contributed by atoms with Gasteiger partial charge in [0.1, 0.15) is 5.75 Å². The van der Waals surface area contributed by atoms with E-state index < -0.39 is 5.97 Å². The first kappa shape index (κ1) is 17.6. The molecule has 0 aromatic heterocycles. The number of carboxylic acid groups (broad SMARTS) is 1.